The van der Waals surface area contributed by atoms with Gasteiger partial charge in [0.15, 0.2) is 0 Å². The number of anilines is 2. The minimum atomic E-state index is -0.399. The molecule has 0 aromatic heterocycles. The van der Waals surface area contributed by atoms with Gasteiger partial charge in [-0.25, -0.2) is 4.39 Å². The molecule has 1 aromatic rings. The average molecular weight is 309 g/mol. The summed E-state index contributed by atoms with van der Waals surface area (Å²) in [6.45, 7) is 4.26. The van der Waals surface area contributed by atoms with Crippen molar-refractivity contribution in [1.82, 2.24) is 5.32 Å². The van der Waals surface area contributed by atoms with Crippen LogP contribution in [-0.4, -0.2) is 58.0 Å². The quantitative estimate of drug-likeness (QED) is 0.856. The number of carbonyl (C=O) groups is 1. The van der Waals surface area contributed by atoms with Gasteiger partial charge in [0.2, 0.25) is 5.91 Å². The minimum absolute atomic E-state index is 0.210. The largest absolute Gasteiger partial charge is 0.378 e. The Labute approximate surface area is 128 Å². The zero-order chi connectivity index (χ0) is 15.4. The Kier molecular flexibility index (Phi) is 4.87. The zero-order valence-electron chi connectivity index (χ0n) is 12.3. The molecule has 0 radical (unpaired) electrons. The van der Waals surface area contributed by atoms with Gasteiger partial charge in [-0.1, -0.05) is 0 Å². The van der Waals surface area contributed by atoms with Gasteiger partial charge in [0.25, 0.3) is 0 Å². The molecule has 7 heteroatoms. The van der Waals surface area contributed by atoms with Crippen LogP contribution in [0, 0.1) is 5.82 Å². The lowest BCUT2D eigenvalue weighted by atomic mass is 10.2. The van der Waals surface area contributed by atoms with Gasteiger partial charge in [-0.15, -0.1) is 0 Å². The Hall–Kier alpha value is -1.70. The first-order chi connectivity index (χ1) is 10.7. The van der Waals surface area contributed by atoms with E-state index in [0.717, 1.165) is 18.8 Å². The number of nitrogens with one attached hydrogen (secondary N) is 2. The van der Waals surface area contributed by atoms with E-state index in [9.17, 15) is 9.18 Å². The number of carbonyl (C=O) groups excluding carboxylic acids is 1. The lowest BCUT2D eigenvalue weighted by Gasteiger charge is -2.29. The van der Waals surface area contributed by atoms with Crippen molar-refractivity contribution in [3.05, 3.63) is 24.0 Å². The van der Waals surface area contributed by atoms with Crippen LogP contribution in [0.25, 0.3) is 0 Å². The van der Waals surface area contributed by atoms with Crippen LogP contribution in [0.2, 0.25) is 0 Å². The summed E-state index contributed by atoms with van der Waals surface area (Å²) < 4.78 is 24.4. The number of amides is 1. The summed E-state index contributed by atoms with van der Waals surface area (Å²) in [7, 11) is 0. The van der Waals surface area contributed by atoms with Gasteiger partial charge in [-0.05, 0) is 18.2 Å². The first kappa shape index (κ1) is 15.2. The third-order valence-electron chi connectivity index (χ3n) is 3.76. The van der Waals surface area contributed by atoms with Crippen LogP contribution in [0.3, 0.4) is 0 Å². The van der Waals surface area contributed by atoms with Gasteiger partial charge >= 0.3 is 0 Å². The second-order valence-electron chi connectivity index (χ2n) is 5.37. The Morgan fingerprint density at radius 2 is 2.05 bits per heavy atom. The molecule has 2 aliphatic heterocycles. The number of nitrogens with zero attached hydrogens (tertiary/aromatic N) is 1. The Morgan fingerprint density at radius 1 is 1.23 bits per heavy atom. The summed E-state index contributed by atoms with van der Waals surface area (Å²) in [6.07, 6.45) is 0. The van der Waals surface area contributed by atoms with Crippen LogP contribution >= 0.6 is 0 Å². The second-order valence-corrected chi connectivity index (χ2v) is 5.37. The van der Waals surface area contributed by atoms with Crippen molar-refractivity contribution < 1.29 is 18.7 Å². The minimum Gasteiger partial charge on any atom is -0.378 e. The van der Waals surface area contributed by atoms with E-state index in [0.29, 0.717) is 38.7 Å². The summed E-state index contributed by atoms with van der Waals surface area (Å²) in [5, 5.41) is 5.83. The number of ether oxygens (including phenoxy) is 2. The van der Waals surface area contributed by atoms with Crippen LogP contribution in [-0.2, 0) is 14.3 Å². The van der Waals surface area contributed by atoms with Crippen molar-refractivity contribution in [3.63, 3.8) is 0 Å². The molecule has 120 valence electrons. The van der Waals surface area contributed by atoms with Gasteiger partial charge in [-0.2, -0.15) is 0 Å². The summed E-state index contributed by atoms with van der Waals surface area (Å²) in [6, 6.07) is 4.19. The predicted octanol–water partition coefficient (Wildman–Crippen LogP) is 0.589. The van der Waals surface area contributed by atoms with E-state index in [-0.39, 0.29) is 11.7 Å². The van der Waals surface area contributed by atoms with E-state index >= 15 is 0 Å². The molecule has 1 aromatic carbocycles. The van der Waals surface area contributed by atoms with Crippen LogP contribution in [0.5, 0.6) is 0 Å². The Morgan fingerprint density at radius 3 is 2.77 bits per heavy atom. The van der Waals surface area contributed by atoms with Crippen molar-refractivity contribution in [3.8, 4) is 0 Å². The molecule has 1 amide bonds. The maximum Gasteiger partial charge on any atom is 0.243 e. The van der Waals surface area contributed by atoms with Crippen LogP contribution in [0.4, 0.5) is 15.8 Å². The lowest BCUT2D eigenvalue weighted by molar-refractivity contribution is -0.120. The maximum absolute atomic E-state index is 13.8. The van der Waals surface area contributed by atoms with Crippen molar-refractivity contribution in [1.29, 1.82) is 0 Å². The van der Waals surface area contributed by atoms with E-state index < -0.39 is 6.04 Å². The summed E-state index contributed by atoms with van der Waals surface area (Å²) in [4.78, 5) is 14.2. The normalized spacial score (nSPS) is 22.4. The zero-order valence-corrected chi connectivity index (χ0v) is 12.3. The molecule has 22 heavy (non-hydrogen) atoms. The number of rotatable bonds is 3. The highest BCUT2D eigenvalue weighted by molar-refractivity contribution is 5.95. The monoisotopic (exact) mass is 309 g/mol. The molecule has 2 saturated heterocycles. The van der Waals surface area contributed by atoms with E-state index in [4.69, 9.17) is 9.47 Å². The fourth-order valence-electron chi connectivity index (χ4n) is 2.61. The van der Waals surface area contributed by atoms with Gasteiger partial charge in [0, 0.05) is 31.0 Å². The molecule has 1 atom stereocenters. The van der Waals surface area contributed by atoms with Crippen molar-refractivity contribution in [2.75, 3.05) is 56.3 Å². The SMILES string of the molecule is O=C(Nc1cc(F)cc(N2CCOCC2)c1)C1COCCN1. The second kappa shape index (κ2) is 7.04. The molecule has 2 fully saturated rings. The van der Waals surface area contributed by atoms with E-state index in [2.05, 4.69) is 10.6 Å². The molecule has 0 saturated carbocycles. The fourth-order valence-corrected chi connectivity index (χ4v) is 2.61. The third kappa shape index (κ3) is 3.73. The topological polar surface area (TPSA) is 62.8 Å². The smallest absolute Gasteiger partial charge is 0.243 e. The summed E-state index contributed by atoms with van der Waals surface area (Å²) in [5.74, 6) is -0.578. The molecule has 0 aliphatic carbocycles. The molecule has 0 bridgehead atoms. The molecule has 0 spiro atoms. The van der Waals surface area contributed by atoms with E-state index in [1.54, 1.807) is 6.07 Å². The molecule has 1 unspecified atom stereocenters. The Bertz CT molecular complexity index is 529. The van der Waals surface area contributed by atoms with Gasteiger partial charge in [0.05, 0.1) is 26.4 Å². The summed E-state index contributed by atoms with van der Waals surface area (Å²) >= 11 is 0. The van der Waals surface area contributed by atoms with Crippen LogP contribution in [0.15, 0.2) is 18.2 Å². The van der Waals surface area contributed by atoms with Crippen LogP contribution < -0.4 is 15.5 Å². The molecule has 2 N–H and O–H groups in total. The predicted molar refractivity (Wildman–Crippen MR) is 80.7 cm³/mol. The highest BCUT2D eigenvalue weighted by Crippen LogP contribution is 2.23. The average Bonchev–Trinajstić information content (AvgIpc) is 2.56. The number of halogens is 1. The van der Waals surface area contributed by atoms with Gasteiger partial charge in [-0.3, -0.25) is 4.79 Å². The molecule has 3 rings (SSSR count). The van der Waals surface area contributed by atoms with Crippen molar-refractivity contribution in [2.24, 2.45) is 0 Å². The Balaban J connectivity index is 1.70. The molecule has 6 nitrogen and oxygen atoms in total. The van der Waals surface area contributed by atoms with Crippen molar-refractivity contribution >= 4 is 17.3 Å². The van der Waals surface area contributed by atoms with Crippen LogP contribution in [0.1, 0.15) is 0 Å². The molecular weight excluding hydrogens is 289 g/mol. The van der Waals surface area contributed by atoms with Crippen molar-refractivity contribution in [2.45, 2.75) is 6.04 Å². The first-order valence-electron chi connectivity index (χ1n) is 7.48. The van der Waals surface area contributed by atoms with E-state index in [1.165, 1.54) is 12.1 Å². The first-order valence-corrected chi connectivity index (χ1v) is 7.48. The number of hydrogen-bond acceptors (Lipinski definition) is 5. The number of morpholine rings is 2. The summed E-state index contributed by atoms with van der Waals surface area (Å²) in [5.41, 5.74) is 1.21. The lowest BCUT2D eigenvalue weighted by Crippen LogP contribution is -2.48. The molecule has 2 aliphatic rings. The van der Waals surface area contributed by atoms with Gasteiger partial charge < -0.3 is 25.0 Å². The number of benzene rings is 1. The fraction of sp³-hybridized carbons (Fsp3) is 0.533. The van der Waals surface area contributed by atoms with Gasteiger partial charge in [0.1, 0.15) is 11.9 Å². The molecule has 2 heterocycles. The highest BCUT2D eigenvalue weighted by atomic mass is 19.1. The standard InChI is InChI=1S/C15H20FN3O3/c16-11-7-12(18-15(20)14-10-22-4-1-17-14)9-13(8-11)19-2-5-21-6-3-19/h7-9,14,17H,1-6,10H2,(H,18,20). The van der Waals surface area contributed by atoms with E-state index in [1.807, 2.05) is 4.90 Å². The molecular formula is C15H20FN3O3. The third-order valence-corrected chi connectivity index (χ3v) is 3.76. The maximum atomic E-state index is 13.8. The highest BCUT2D eigenvalue weighted by Gasteiger charge is 2.22. The number of hydrogen-bond donors (Lipinski definition) is 2.